The van der Waals surface area contributed by atoms with Gasteiger partial charge in [0.05, 0.1) is 0 Å². The third kappa shape index (κ3) is 1.86. The maximum Gasteiger partial charge on any atom is 0.0266 e. The van der Waals surface area contributed by atoms with Gasteiger partial charge in [0.25, 0.3) is 0 Å². The second kappa shape index (κ2) is 3.46. The van der Waals surface area contributed by atoms with E-state index in [4.69, 9.17) is 0 Å². The SMILES string of the molecule is CSc1ccccc1I. The van der Waals surface area contributed by atoms with Crippen LogP contribution < -0.4 is 0 Å². The molecule has 0 aliphatic heterocycles. The monoisotopic (exact) mass is 250 g/mol. The molecule has 0 bridgehead atoms. The molecule has 0 radical (unpaired) electrons. The molecule has 1 rings (SSSR count). The molecule has 0 fully saturated rings. The van der Waals surface area contributed by atoms with Crippen LogP contribution in [-0.4, -0.2) is 6.26 Å². The fourth-order valence-electron chi connectivity index (χ4n) is 0.610. The van der Waals surface area contributed by atoms with Crippen LogP contribution in [0.1, 0.15) is 0 Å². The summed E-state index contributed by atoms with van der Waals surface area (Å²) in [6, 6.07) is 8.37. The number of thioether (sulfide) groups is 1. The molecule has 0 nitrogen and oxygen atoms in total. The van der Waals surface area contributed by atoms with Crippen molar-refractivity contribution in [3.8, 4) is 0 Å². The zero-order valence-electron chi connectivity index (χ0n) is 5.10. The lowest BCUT2D eigenvalue weighted by molar-refractivity contribution is 1.41. The quantitative estimate of drug-likeness (QED) is 0.545. The van der Waals surface area contributed by atoms with Gasteiger partial charge < -0.3 is 0 Å². The maximum atomic E-state index is 2.34. The van der Waals surface area contributed by atoms with Crippen LogP contribution in [0.15, 0.2) is 29.2 Å². The number of halogens is 1. The first-order valence-corrected chi connectivity index (χ1v) is 4.93. The van der Waals surface area contributed by atoms with Crippen molar-refractivity contribution in [2.75, 3.05) is 6.26 Å². The van der Waals surface area contributed by atoms with Gasteiger partial charge in [-0.1, -0.05) is 12.1 Å². The smallest absolute Gasteiger partial charge is 0.0266 e. The van der Waals surface area contributed by atoms with Crippen molar-refractivity contribution in [1.29, 1.82) is 0 Å². The molecule has 0 amide bonds. The summed E-state index contributed by atoms with van der Waals surface area (Å²) >= 11 is 4.13. The first-order chi connectivity index (χ1) is 4.34. The van der Waals surface area contributed by atoms with Crippen LogP contribution in [-0.2, 0) is 0 Å². The van der Waals surface area contributed by atoms with Gasteiger partial charge >= 0.3 is 0 Å². The van der Waals surface area contributed by atoms with E-state index in [1.807, 2.05) is 0 Å². The lowest BCUT2D eigenvalue weighted by atomic mass is 10.4. The van der Waals surface area contributed by atoms with E-state index >= 15 is 0 Å². The molecule has 0 aromatic heterocycles. The Labute approximate surface area is 73.2 Å². The normalized spacial score (nSPS) is 9.56. The van der Waals surface area contributed by atoms with E-state index in [-0.39, 0.29) is 0 Å². The highest BCUT2D eigenvalue weighted by atomic mass is 127. The predicted octanol–water partition coefficient (Wildman–Crippen LogP) is 3.01. The minimum Gasteiger partial charge on any atom is -0.128 e. The first-order valence-electron chi connectivity index (χ1n) is 2.63. The van der Waals surface area contributed by atoms with Gasteiger partial charge in [-0.2, -0.15) is 0 Å². The van der Waals surface area contributed by atoms with Crippen molar-refractivity contribution >= 4 is 34.4 Å². The number of rotatable bonds is 1. The lowest BCUT2D eigenvalue weighted by Gasteiger charge is -1.96. The van der Waals surface area contributed by atoms with Crippen molar-refractivity contribution in [1.82, 2.24) is 0 Å². The van der Waals surface area contributed by atoms with E-state index in [1.165, 1.54) is 8.47 Å². The highest BCUT2D eigenvalue weighted by molar-refractivity contribution is 14.1. The minimum absolute atomic E-state index is 1.34. The molecule has 0 aliphatic carbocycles. The fraction of sp³-hybridized carbons (Fsp3) is 0.143. The molecule has 0 atom stereocenters. The van der Waals surface area contributed by atoms with Crippen LogP contribution in [0.5, 0.6) is 0 Å². The van der Waals surface area contributed by atoms with E-state index < -0.39 is 0 Å². The summed E-state index contributed by atoms with van der Waals surface area (Å²) in [5, 5.41) is 0. The number of hydrogen-bond donors (Lipinski definition) is 0. The molecule has 0 saturated carbocycles. The van der Waals surface area contributed by atoms with Gasteiger partial charge in [-0.25, -0.2) is 0 Å². The molecule has 0 saturated heterocycles. The van der Waals surface area contributed by atoms with Gasteiger partial charge in [0.1, 0.15) is 0 Å². The Morgan fingerprint density at radius 2 is 2.00 bits per heavy atom. The zero-order valence-corrected chi connectivity index (χ0v) is 8.07. The van der Waals surface area contributed by atoms with Crippen LogP contribution >= 0.6 is 34.4 Å². The maximum absolute atomic E-state index is 2.34. The zero-order chi connectivity index (χ0) is 6.69. The minimum atomic E-state index is 1.34. The fourth-order valence-corrected chi connectivity index (χ4v) is 2.14. The van der Waals surface area contributed by atoms with Crippen molar-refractivity contribution in [2.24, 2.45) is 0 Å². The van der Waals surface area contributed by atoms with Gasteiger partial charge in [-0.05, 0) is 41.0 Å². The molecule has 1 aromatic rings. The van der Waals surface area contributed by atoms with Crippen LogP contribution in [0.2, 0.25) is 0 Å². The van der Waals surface area contributed by atoms with E-state index in [2.05, 4.69) is 53.1 Å². The van der Waals surface area contributed by atoms with Gasteiger partial charge in [0.2, 0.25) is 0 Å². The van der Waals surface area contributed by atoms with Gasteiger partial charge in [0.15, 0.2) is 0 Å². The molecule has 0 N–H and O–H groups in total. The molecule has 2 heteroatoms. The molecule has 9 heavy (non-hydrogen) atoms. The molecular weight excluding hydrogens is 243 g/mol. The number of benzene rings is 1. The van der Waals surface area contributed by atoms with Gasteiger partial charge in [-0.3, -0.25) is 0 Å². The summed E-state index contributed by atoms with van der Waals surface area (Å²) in [6.45, 7) is 0. The Morgan fingerprint density at radius 1 is 1.33 bits per heavy atom. The van der Waals surface area contributed by atoms with Crippen molar-refractivity contribution < 1.29 is 0 Å². The highest BCUT2D eigenvalue weighted by Crippen LogP contribution is 2.20. The van der Waals surface area contributed by atoms with Crippen molar-refractivity contribution in [3.63, 3.8) is 0 Å². The Hall–Kier alpha value is 0.300. The summed E-state index contributed by atoms with van der Waals surface area (Å²) in [4.78, 5) is 1.36. The van der Waals surface area contributed by atoms with Crippen LogP contribution in [0, 0.1) is 3.57 Å². The summed E-state index contributed by atoms with van der Waals surface area (Å²) < 4.78 is 1.34. The molecule has 1 aromatic carbocycles. The largest absolute Gasteiger partial charge is 0.128 e. The Balaban J connectivity index is 3.01. The highest BCUT2D eigenvalue weighted by Gasteiger charge is 1.92. The Morgan fingerprint density at radius 3 is 2.44 bits per heavy atom. The first kappa shape index (κ1) is 7.41. The van der Waals surface area contributed by atoms with E-state index in [0.717, 1.165) is 0 Å². The molecule has 48 valence electrons. The summed E-state index contributed by atoms with van der Waals surface area (Å²) in [5.74, 6) is 0. The summed E-state index contributed by atoms with van der Waals surface area (Å²) in [5.41, 5.74) is 0. The predicted molar refractivity (Wildman–Crippen MR) is 50.9 cm³/mol. The van der Waals surface area contributed by atoms with Crippen LogP contribution in [0.3, 0.4) is 0 Å². The average Bonchev–Trinajstić information content (AvgIpc) is 1.89. The average molecular weight is 250 g/mol. The van der Waals surface area contributed by atoms with Crippen molar-refractivity contribution in [2.45, 2.75) is 4.90 Å². The Bertz CT molecular complexity index is 198. The van der Waals surface area contributed by atoms with Crippen LogP contribution in [0.25, 0.3) is 0 Å². The topological polar surface area (TPSA) is 0 Å². The number of hydrogen-bond acceptors (Lipinski definition) is 1. The van der Waals surface area contributed by atoms with E-state index in [1.54, 1.807) is 11.8 Å². The van der Waals surface area contributed by atoms with Gasteiger partial charge in [0, 0.05) is 8.47 Å². The van der Waals surface area contributed by atoms with Crippen molar-refractivity contribution in [3.05, 3.63) is 27.8 Å². The molecular formula is C7H7IS. The Kier molecular flexibility index (Phi) is 2.85. The molecule has 0 spiro atoms. The summed E-state index contributed by atoms with van der Waals surface area (Å²) in [6.07, 6.45) is 2.09. The lowest BCUT2D eigenvalue weighted by Crippen LogP contribution is -1.73. The molecule has 0 aliphatic rings. The van der Waals surface area contributed by atoms with E-state index in [9.17, 15) is 0 Å². The standard InChI is InChI=1S/C7H7IS/c1-9-7-5-3-2-4-6(7)8/h2-5H,1H3. The molecule has 0 heterocycles. The third-order valence-corrected chi connectivity index (χ3v) is 3.16. The van der Waals surface area contributed by atoms with E-state index in [0.29, 0.717) is 0 Å². The second-order valence-electron chi connectivity index (χ2n) is 1.63. The van der Waals surface area contributed by atoms with Crippen LogP contribution in [0.4, 0.5) is 0 Å². The molecule has 0 unspecified atom stereocenters. The second-order valence-corrected chi connectivity index (χ2v) is 3.64. The summed E-state index contributed by atoms with van der Waals surface area (Å²) in [7, 11) is 0. The third-order valence-electron chi connectivity index (χ3n) is 1.06. The van der Waals surface area contributed by atoms with Gasteiger partial charge in [-0.15, -0.1) is 11.8 Å².